The van der Waals surface area contributed by atoms with Crippen molar-refractivity contribution >= 4 is 35.2 Å². The molecule has 24 heavy (non-hydrogen) atoms. The summed E-state index contributed by atoms with van der Waals surface area (Å²) in [5.74, 6) is 0.705. The van der Waals surface area contributed by atoms with E-state index < -0.39 is 0 Å². The molecule has 3 aliphatic rings. The Morgan fingerprint density at radius 2 is 1.92 bits per heavy atom. The number of likely N-dealkylation sites (tertiary alicyclic amines) is 1. The summed E-state index contributed by atoms with van der Waals surface area (Å²) in [6.07, 6.45) is 4.75. The van der Waals surface area contributed by atoms with Crippen LogP contribution in [0.1, 0.15) is 24.8 Å². The van der Waals surface area contributed by atoms with Gasteiger partial charge in [-0.05, 0) is 56.1 Å². The molecule has 0 unspecified atom stereocenters. The number of esters is 1. The standard InChI is InChI=1S/C18H19Cl2NO3/c19-14-8-13-7-12(11-24-16(13)15(20)9-14)10-21-4-1-18(2-5-21)3-6-23-17(18)22/h7-9H,1-6,10-11H2. The normalized spacial score (nSPS) is 22.8. The molecule has 0 N–H and O–H groups in total. The average molecular weight is 368 g/mol. The van der Waals surface area contributed by atoms with Gasteiger partial charge in [-0.15, -0.1) is 0 Å². The first-order chi connectivity index (χ1) is 11.6. The molecule has 2 fully saturated rings. The highest BCUT2D eigenvalue weighted by Crippen LogP contribution is 2.41. The molecule has 3 heterocycles. The minimum Gasteiger partial charge on any atom is -0.487 e. The highest BCUT2D eigenvalue weighted by Gasteiger charge is 2.46. The molecule has 2 saturated heterocycles. The van der Waals surface area contributed by atoms with Gasteiger partial charge in [0.1, 0.15) is 12.4 Å². The molecule has 4 rings (SSSR count). The zero-order chi connectivity index (χ0) is 16.7. The lowest BCUT2D eigenvalue weighted by molar-refractivity contribution is -0.148. The van der Waals surface area contributed by atoms with Crippen LogP contribution in [0.25, 0.3) is 6.08 Å². The van der Waals surface area contributed by atoms with Crippen molar-refractivity contribution in [3.63, 3.8) is 0 Å². The fourth-order valence-corrected chi connectivity index (χ4v) is 4.40. The van der Waals surface area contributed by atoms with Crippen LogP contribution in [0.3, 0.4) is 0 Å². The van der Waals surface area contributed by atoms with Gasteiger partial charge < -0.3 is 9.47 Å². The van der Waals surface area contributed by atoms with Crippen LogP contribution < -0.4 is 4.74 Å². The first kappa shape index (κ1) is 16.2. The Labute approximate surface area is 151 Å². The molecule has 1 aromatic carbocycles. The van der Waals surface area contributed by atoms with Crippen molar-refractivity contribution in [2.75, 3.05) is 32.8 Å². The molecule has 0 atom stereocenters. The number of hydrogen-bond donors (Lipinski definition) is 0. The molecule has 128 valence electrons. The van der Waals surface area contributed by atoms with Gasteiger partial charge in [-0.3, -0.25) is 9.69 Å². The monoisotopic (exact) mass is 367 g/mol. The average Bonchev–Trinajstić information content (AvgIpc) is 2.90. The Hall–Kier alpha value is -1.23. The van der Waals surface area contributed by atoms with Crippen molar-refractivity contribution in [2.24, 2.45) is 5.41 Å². The van der Waals surface area contributed by atoms with E-state index in [0.717, 1.165) is 44.5 Å². The molecular formula is C18H19Cl2NO3. The van der Waals surface area contributed by atoms with Crippen LogP contribution in [0.5, 0.6) is 5.75 Å². The molecule has 0 amide bonds. The van der Waals surface area contributed by atoms with Gasteiger partial charge in [-0.25, -0.2) is 0 Å². The predicted molar refractivity (Wildman–Crippen MR) is 93.6 cm³/mol. The number of rotatable bonds is 2. The topological polar surface area (TPSA) is 38.8 Å². The number of cyclic esters (lactones) is 1. The van der Waals surface area contributed by atoms with E-state index in [1.54, 1.807) is 6.07 Å². The van der Waals surface area contributed by atoms with Crippen molar-refractivity contribution in [2.45, 2.75) is 19.3 Å². The van der Waals surface area contributed by atoms with Gasteiger partial charge in [0, 0.05) is 17.1 Å². The van der Waals surface area contributed by atoms with Crippen LogP contribution in [0.4, 0.5) is 0 Å². The summed E-state index contributed by atoms with van der Waals surface area (Å²) in [5, 5.41) is 1.16. The number of halogens is 2. The smallest absolute Gasteiger partial charge is 0.312 e. The molecule has 1 aromatic rings. The van der Waals surface area contributed by atoms with Crippen LogP contribution in [0, 0.1) is 5.41 Å². The highest BCUT2D eigenvalue weighted by atomic mass is 35.5. The van der Waals surface area contributed by atoms with Gasteiger partial charge in [0.05, 0.1) is 17.0 Å². The molecule has 4 nitrogen and oxygen atoms in total. The van der Waals surface area contributed by atoms with Gasteiger partial charge in [0.25, 0.3) is 0 Å². The van der Waals surface area contributed by atoms with E-state index in [0.29, 0.717) is 29.0 Å². The van der Waals surface area contributed by atoms with E-state index in [-0.39, 0.29) is 11.4 Å². The summed E-state index contributed by atoms with van der Waals surface area (Å²) >= 11 is 12.3. The van der Waals surface area contributed by atoms with Crippen LogP contribution >= 0.6 is 23.2 Å². The van der Waals surface area contributed by atoms with E-state index >= 15 is 0 Å². The van der Waals surface area contributed by atoms with E-state index in [1.165, 1.54) is 5.57 Å². The minimum atomic E-state index is -0.221. The molecule has 0 bridgehead atoms. The summed E-state index contributed by atoms with van der Waals surface area (Å²) in [6.45, 7) is 3.79. The number of fused-ring (bicyclic) bond motifs is 1. The maximum Gasteiger partial charge on any atom is 0.312 e. The van der Waals surface area contributed by atoms with Gasteiger partial charge in [-0.2, -0.15) is 0 Å². The summed E-state index contributed by atoms with van der Waals surface area (Å²) in [6, 6.07) is 3.58. The molecule has 0 aliphatic carbocycles. The molecule has 3 aliphatic heterocycles. The van der Waals surface area contributed by atoms with Crippen LogP contribution in [0.2, 0.25) is 10.0 Å². The van der Waals surface area contributed by atoms with Crippen molar-refractivity contribution in [1.29, 1.82) is 0 Å². The number of ether oxygens (including phenoxy) is 2. The van der Waals surface area contributed by atoms with E-state index in [4.69, 9.17) is 32.7 Å². The predicted octanol–water partition coefficient (Wildman–Crippen LogP) is 3.80. The van der Waals surface area contributed by atoms with E-state index in [2.05, 4.69) is 11.0 Å². The Kier molecular flexibility index (Phi) is 4.23. The zero-order valence-corrected chi connectivity index (χ0v) is 14.8. The molecule has 0 aromatic heterocycles. The fraction of sp³-hybridized carbons (Fsp3) is 0.500. The van der Waals surface area contributed by atoms with Gasteiger partial charge in [0.15, 0.2) is 0 Å². The second-order valence-electron chi connectivity index (χ2n) is 6.84. The summed E-state index contributed by atoms with van der Waals surface area (Å²) in [4.78, 5) is 14.3. The lowest BCUT2D eigenvalue weighted by atomic mass is 9.77. The SMILES string of the molecule is O=C1OCCC12CCN(CC1=Cc3cc(Cl)cc(Cl)c3OC1)CC2. The second-order valence-corrected chi connectivity index (χ2v) is 7.68. The Morgan fingerprint density at radius 1 is 1.12 bits per heavy atom. The highest BCUT2D eigenvalue weighted by molar-refractivity contribution is 6.36. The molecule has 0 radical (unpaired) electrons. The number of hydrogen-bond acceptors (Lipinski definition) is 4. The fourth-order valence-electron chi connectivity index (χ4n) is 3.83. The second kappa shape index (κ2) is 6.25. The Bertz CT molecular complexity index is 708. The van der Waals surface area contributed by atoms with Gasteiger partial charge >= 0.3 is 5.97 Å². The maximum atomic E-state index is 12.0. The third-order valence-electron chi connectivity index (χ3n) is 5.29. The molecule has 0 saturated carbocycles. The molecule has 1 spiro atoms. The van der Waals surface area contributed by atoms with Crippen molar-refractivity contribution < 1.29 is 14.3 Å². The molecule has 6 heteroatoms. The minimum absolute atomic E-state index is 0.000534. The van der Waals surface area contributed by atoms with Gasteiger partial charge in [0.2, 0.25) is 0 Å². The number of piperidine rings is 1. The maximum absolute atomic E-state index is 12.0. The lowest BCUT2D eigenvalue weighted by Gasteiger charge is -2.37. The summed E-state index contributed by atoms with van der Waals surface area (Å²) in [7, 11) is 0. The zero-order valence-electron chi connectivity index (χ0n) is 13.3. The Balaban J connectivity index is 1.43. The van der Waals surface area contributed by atoms with Gasteiger partial charge in [-0.1, -0.05) is 23.2 Å². The van der Waals surface area contributed by atoms with Crippen LogP contribution in [-0.4, -0.2) is 43.7 Å². The first-order valence-electron chi connectivity index (χ1n) is 8.27. The molecular weight excluding hydrogens is 349 g/mol. The van der Waals surface area contributed by atoms with Crippen molar-refractivity contribution in [1.82, 2.24) is 4.90 Å². The first-order valence-corrected chi connectivity index (χ1v) is 9.02. The van der Waals surface area contributed by atoms with E-state index in [1.807, 2.05) is 6.07 Å². The third-order valence-corrected chi connectivity index (χ3v) is 5.78. The third kappa shape index (κ3) is 2.92. The van der Waals surface area contributed by atoms with Crippen LogP contribution in [-0.2, 0) is 9.53 Å². The van der Waals surface area contributed by atoms with Crippen molar-refractivity contribution in [3.05, 3.63) is 33.3 Å². The Morgan fingerprint density at radius 3 is 2.62 bits per heavy atom. The lowest BCUT2D eigenvalue weighted by Crippen LogP contribution is -2.43. The number of carbonyl (C=O) groups is 1. The summed E-state index contributed by atoms with van der Waals surface area (Å²) < 4.78 is 11.0. The van der Waals surface area contributed by atoms with Crippen molar-refractivity contribution in [3.8, 4) is 5.75 Å². The van der Waals surface area contributed by atoms with E-state index in [9.17, 15) is 4.79 Å². The van der Waals surface area contributed by atoms with Crippen LogP contribution in [0.15, 0.2) is 17.7 Å². The quantitative estimate of drug-likeness (QED) is 0.745. The number of carbonyl (C=O) groups excluding carboxylic acids is 1. The number of nitrogens with zero attached hydrogens (tertiary/aromatic N) is 1. The number of benzene rings is 1. The largest absolute Gasteiger partial charge is 0.487 e. The summed E-state index contributed by atoms with van der Waals surface area (Å²) in [5.41, 5.74) is 1.91.